The highest BCUT2D eigenvalue weighted by Gasteiger charge is 2.16. The Balaban J connectivity index is 2.82. The Morgan fingerprint density at radius 2 is 2.27 bits per heavy atom. The van der Waals surface area contributed by atoms with Crippen molar-refractivity contribution in [3.63, 3.8) is 0 Å². The molecule has 1 rings (SSSR count). The van der Waals surface area contributed by atoms with Gasteiger partial charge in [0, 0.05) is 27.9 Å². The first kappa shape index (κ1) is 8.65. The second kappa shape index (κ2) is 3.30. The Morgan fingerprint density at radius 1 is 1.64 bits per heavy atom. The maximum atomic E-state index is 12.7. The van der Waals surface area contributed by atoms with E-state index in [2.05, 4.69) is 0 Å². The van der Waals surface area contributed by atoms with Crippen LogP contribution in [0.4, 0.5) is 4.39 Å². The van der Waals surface area contributed by atoms with E-state index < -0.39 is 10.8 Å². The Morgan fingerprint density at radius 3 is 2.73 bits per heavy atom. The van der Waals surface area contributed by atoms with Crippen molar-refractivity contribution in [2.75, 3.05) is 6.26 Å². The fourth-order valence-corrected chi connectivity index (χ4v) is 1.76. The van der Waals surface area contributed by atoms with Crippen LogP contribution in [0, 0.1) is 5.92 Å². The van der Waals surface area contributed by atoms with E-state index in [0.717, 1.165) is 4.91 Å². The van der Waals surface area contributed by atoms with Gasteiger partial charge in [0.2, 0.25) is 0 Å². The minimum atomic E-state index is -0.938. The smallest absolute Gasteiger partial charge is 0.103 e. The van der Waals surface area contributed by atoms with Gasteiger partial charge in [0.25, 0.3) is 0 Å². The van der Waals surface area contributed by atoms with Crippen molar-refractivity contribution in [2.24, 2.45) is 5.92 Å². The summed E-state index contributed by atoms with van der Waals surface area (Å²) in [6.07, 6.45) is 5.23. The average Bonchev–Trinajstić information content (AvgIpc) is 1.94. The van der Waals surface area contributed by atoms with E-state index >= 15 is 0 Å². The predicted octanol–water partition coefficient (Wildman–Crippen LogP) is 2.14. The number of halogens is 1. The summed E-state index contributed by atoms with van der Waals surface area (Å²) in [7, 11) is -0.938. The molecule has 0 spiro atoms. The van der Waals surface area contributed by atoms with Crippen LogP contribution < -0.4 is 0 Å². The van der Waals surface area contributed by atoms with Gasteiger partial charge in [0.1, 0.15) is 5.83 Å². The van der Waals surface area contributed by atoms with Gasteiger partial charge in [-0.2, -0.15) is 0 Å². The normalized spacial score (nSPS) is 27.4. The van der Waals surface area contributed by atoms with Gasteiger partial charge in [0.05, 0.1) is 0 Å². The summed E-state index contributed by atoms with van der Waals surface area (Å²) in [5, 5.41) is 0. The lowest BCUT2D eigenvalue weighted by molar-refractivity contribution is 0.488. The van der Waals surface area contributed by atoms with Crippen molar-refractivity contribution < 1.29 is 8.60 Å². The molecule has 0 amide bonds. The minimum Gasteiger partial charge on any atom is -0.255 e. The molecule has 0 heterocycles. The fraction of sp³-hybridized carbons (Fsp3) is 0.500. The lowest BCUT2D eigenvalue weighted by atomic mass is 10.0. The molecule has 0 bridgehead atoms. The van der Waals surface area contributed by atoms with E-state index in [-0.39, 0.29) is 11.7 Å². The van der Waals surface area contributed by atoms with Gasteiger partial charge in [-0.3, -0.25) is 4.21 Å². The van der Waals surface area contributed by atoms with Crippen LogP contribution in [0.3, 0.4) is 0 Å². The molecular formula is C8H11FOS. The molecule has 0 aromatic heterocycles. The molecule has 62 valence electrons. The van der Waals surface area contributed by atoms with Crippen LogP contribution in [-0.2, 0) is 10.8 Å². The Bertz CT molecular complexity index is 242. The maximum absolute atomic E-state index is 12.7. The van der Waals surface area contributed by atoms with Crippen molar-refractivity contribution in [1.29, 1.82) is 0 Å². The lowest BCUT2D eigenvalue weighted by Gasteiger charge is -2.14. The van der Waals surface area contributed by atoms with E-state index in [1.807, 2.05) is 0 Å². The zero-order chi connectivity index (χ0) is 8.43. The Labute approximate surface area is 68.4 Å². The van der Waals surface area contributed by atoms with E-state index in [1.54, 1.807) is 19.3 Å². The van der Waals surface area contributed by atoms with Crippen LogP contribution in [-0.4, -0.2) is 10.5 Å². The van der Waals surface area contributed by atoms with Crippen molar-refractivity contribution >= 4 is 10.8 Å². The third kappa shape index (κ3) is 1.99. The molecule has 1 nitrogen and oxygen atoms in total. The Hall–Kier alpha value is -0.440. The molecule has 1 aliphatic rings. The molecule has 1 aliphatic carbocycles. The van der Waals surface area contributed by atoms with Crippen LogP contribution in [0.25, 0.3) is 0 Å². The molecule has 0 radical (unpaired) electrons. The molecule has 0 aliphatic heterocycles. The van der Waals surface area contributed by atoms with Crippen LogP contribution in [0.15, 0.2) is 22.9 Å². The van der Waals surface area contributed by atoms with Gasteiger partial charge in [-0.05, 0) is 18.6 Å². The second-order valence-electron chi connectivity index (χ2n) is 2.74. The molecule has 3 heteroatoms. The molecule has 2 unspecified atom stereocenters. The highest BCUT2D eigenvalue weighted by molar-refractivity contribution is 7.88. The number of rotatable bonds is 1. The molecule has 2 atom stereocenters. The largest absolute Gasteiger partial charge is 0.255 e. The molecule has 11 heavy (non-hydrogen) atoms. The minimum absolute atomic E-state index is 0.0982. The molecule has 0 fully saturated rings. The van der Waals surface area contributed by atoms with Gasteiger partial charge in [-0.25, -0.2) is 4.39 Å². The highest BCUT2D eigenvalue weighted by Crippen LogP contribution is 2.26. The first-order valence-electron chi connectivity index (χ1n) is 3.51. The van der Waals surface area contributed by atoms with Crippen molar-refractivity contribution in [2.45, 2.75) is 13.3 Å². The van der Waals surface area contributed by atoms with E-state index in [9.17, 15) is 8.60 Å². The summed E-state index contributed by atoms with van der Waals surface area (Å²) in [5.74, 6) is -0.210. The van der Waals surface area contributed by atoms with Crippen molar-refractivity contribution in [3.05, 3.63) is 22.9 Å². The highest BCUT2D eigenvalue weighted by atomic mass is 32.2. The molecule has 0 aromatic rings. The van der Waals surface area contributed by atoms with E-state index in [1.165, 1.54) is 6.08 Å². The van der Waals surface area contributed by atoms with Gasteiger partial charge in [-0.1, -0.05) is 6.92 Å². The second-order valence-corrected chi connectivity index (χ2v) is 4.18. The lowest BCUT2D eigenvalue weighted by Crippen LogP contribution is -2.05. The van der Waals surface area contributed by atoms with E-state index in [0.29, 0.717) is 6.42 Å². The van der Waals surface area contributed by atoms with Crippen LogP contribution >= 0.6 is 0 Å². The molecule has 0 saturated carbocycles. The summed E-state index contributed by atoms with van der Waals surface area (Å²) in [6.45, 7) is 1.80. The molecular weight excluding hydrogens is 163 g/mol. The molecule has 0 N–H and O–H groups in total. The summed E-state index contributed by atoms with van der Waals surface area (Å²) in [6, 6.07) is 0. The zero-order valence-electron chi connectivity index (χ0n) is 6.63. The fourth-order valence-electron chi connectivity index (χ4n) is 1.02. The van der Waals surface area contributed by atoms with Gasteiger partial charge < -0.3 is 0 Å². The topological polar surface area (TPSA) is 17.1 Å². The number of allylic oxidation sites excluding steroid dienone is 4. The van der Waals surface area contributed by atoms with Gasteiger partial charge in [0.15, 0.2) is 0 Å². The van der Waals surface area contributed by atoms with E-state index in [4.69, 9.17) is 0 Å². The first-order valence-corrected chi connectivity index (χ1v) is 5.06. The van der Waals surface area contributed by atoms with Crippen molar-refractivity contribution in [3.8, 4) is 0 Å². The Kier molecular flexibility index (Phi) is 2.60. The maximum Gasteiger partial charge on any atom is 0.103 e. The molecule has 0 aromatic carbocycles. The number of hydrogen-bond acceptors (Lipinski definition) is 1. The third-order valence-electron chi connectivity index (χ3n) is 1.78. The van der Waals surface area contributed by atoms with Gasteiger partial charge in [-0.15, -0.1) is 0 Å². The summed E-state index contributed by atoms with van der Waals surface area (Å²) >= 11 is 0. The summed E-state index contributed by atoms with van der Waals surface area (Å²) in [5.41, 5.74) is 0. The van der Waals surface area contributed by atoms with Gasteiger partial charge >= 0.3 is 0 Å². The monoisotopic (exact) mass is 174 g/mol. The predicted molar refractivity (Wildman–Crippen MR) is 45.1 cm³/mol. The first-order chi connectivity index (χ1) is 5.11. The zero-order valence-corrected chi connectivity index (χ0v) is 7.45. The SMILES string of the molecule is CC1CC(S(C)=O)=CC=C1F. The standard InChI is InChI=1S/C8H11FOS/c1-6-5-7(11(2)10)3-4-8(6)9/h3-4,6H,5H2,1-2H3. The summed E-state index contributed by atoms with van der Waals surface area (Å²) < 4.78 is 23.7. The van der Waals surface area contributed by atoms with Crippen LogP contribution in [0.2, 0.25) is 0 Å². The number of hydrogen-bond donors (Lipinski definition) is 0. The average molecular weight is 174 g/mol. The van der Waals surface area contributed by atoms with Crippen LogP contribution in [0.5, 0.6) is 0 Å². The molecule has 0 saturated heterocycles. The summed E-state index contributed by atoms with van der Waals surface area (Å²) in [4.78, 5) is 0.832. The third-order valence-corrected chi connectivity index (χ3v) is 2.82. The van der Waals surface area contributed by atoms with Crippen molar-refractivity contribution in [1.82, 2.24) is 0 Å². The quantitative estimate of drug-likeness (QED) is 0.595. The van der Waals surface area contributed by atoms with Crippen LogP contribution in [0.1, 0.15) is 13.3 Å².